The molecule has 0 fully saturated rings. The highest BCUT2D eigenvalue weighted by Gasteiger charge is 2.27. The van der Waals surface area contributed by atoms with E-state index in [9.17, 15) is 13.2 Å². The van der Waals surface area contributed by atoms with Crippen molar-refractivity contribution in [2.45, 2.75) is 32.1 Å². The molecule has 0 atom stereocenters. The Morgan fingerprint density at radius 3 is 2.12 bits per heavy atom. The lowest BCUT2D eigenvalue weighted by Crippen LogP contribution is -2.39. The summed E-state index contributed by atoms with van der Waals surface area (Å²) in [5, 5.41) is 2.91. The Hall–Kier alpha value is -2.48. The maximum Gasteiger partial charge on any atom is 0.243 e. The summed E-state index contributed by atoms with van der Waals surface area (Å²) in [7, 11) is -3.85. The van der Waals surface area contributed by atoms with Gasteiger partial charge in [-0.25, -0.2) is 8.42 Å². The number of benzene rings is 3. The van der Waals surface area contributed by atoms with Crippen molar-refractivity contribution in [3.8, 4) is 0 Å². The van der Waals surface area contributed by atoms with Gasteiger partial charge in [0.1, 0.15) is 0 Å². The molecule has 5 nitrogen and oxygen atoms in total. The van der Waals surface area contributed by atoms with E-state index >= 15 is 0 Å². The molecule has 3 aromatic rings. The van der Waals surface area contributed by atoms with E-state index in [4.69, 9.17) is 0 Å². The van der Waals surface area contributed by atoms with E-state index in [1.807, 2.05) is 63.2 Å². The van der Waals surface area contributed by atoms with Crippen LogP contribution in [0.4, 0.5) is 5.69 Å². The summed E-state index contributed by atoms with van der Waals surface area (Å²) in [5.41, 5.74) is 4.74. The Kier molecular flexibility index (Phi) is 7.87. The molecule has 0 aromatic heterocycles. The first-order valence-electron chi connectivity index (χ1n) is 10.3. The number of rotatable bonds is 8. The average Bonchev–Trinajstić information content (AvgIpc) is 2.74. The fraction of sp³-hybridized carbons (Fsp3) is 0.240. The van der Waals surface area contributed by atoms with Crippen LogP contribution in [0.15, 0.2) is 76.1 Å². The first-order chi connectivity index (χ1) is 15.2. The number of hydrogen-bond donors (Lipinski definition) is 1. The zero-order valence-corrected chi connectivity index (χ0v) is 20.8. The van der Waals surface area contributed by atoms with Crippen molar-refractivity contribution in [1.29, 1.82) is 0 Å². The minimum Gasteiger partial charge on any atom is -0.324 e. The van der Waals surface area contributed by atoms with E-state index in [2.05, 4.69) is 21.2 Å². The Morgan fingerprint density at radius 2 is 1.53 bits per heavy atom. The number of hydrogen-bond acceptors (Lipinski definition) is 3. The molecule has 0 saturated heterocycles. The summed E-state index contributed by atoms with van der Waals surface area (Å²) in [6, 6.07) is 20.1. The third-order valence-corrected chi connectivity index (χ3v) is 7.59. The predicted octanol–water partition coefficient (Wildman–Crippen LogP) is 5.25. The summed E-state index contributed by atoms with van der Waals surface area (Å²) in [6.07, 6.45) is 0.506. The second-order valence-corrected chi connectivity index (χ2v) is 10.7. The van der Waals surface area contributed by atoms with Crippen molar-refractivity contribution in [2.75, 3.05) is 18.4 Å². The highest BCUT2D eigenvalue weighted by molar-refractivity contribution is 9.10. The van der Waals surface area contributed by atoms with Crippen molar-refractivity contribution in [3.05, 3.63) is 93.5 Å². The molecule has 3 aromatic carbocycles. The van der Waals surface area contributed by atoms with E-state index in [0.29, 0.717) is 6.42 Å². The topological polar surface area (TPSA) is 66.5 Å². The molecular formula is C25H27BrN2O3S. The number of sulfonamides is 1. The van der Waals surface area contributed by atoms with Crippen molar-refractivity contribution >= 4 is 37.5 Å². The number of halogens is 1. The minimum atomic E-state index is -3.85. The quantitative estimate of drug-likeness (QED) is 0.446. The van der Waals surface area contributed by atoms with Crippen molar-refractivity contribution in [2.24, 2.45) is 0 Å². The van der Waals surface area contributed by atoms with Crippen LogP contribution < -0.4 is 5.32 Å². The van der Waals surface area contributed by atoms with Crippen LogP contribution in [0, 0.1) is 20.8 Å². The normalized spacial score (nSPS) is 11.5. The smallest absolute Gasteiger partial charge is 0.243 e. The summed E-state index contributed by atoms with van der Waals surface area (Å²) in [6.45, 7) is 5.80. The van der Waals surface area contributed by atoms with Gasteiger partial charge in [0.2, 0.25) is 15.9 Å². The molecule has 0 heterocycles. The van der Waals surface area contributed by atoms with Gasteiger partial charge in [-0.2, -0.15) is 4.31 Å². The third kappa shape index (κ3) is 6.06. The predicted molar refractivity (Wildman–Crippen MR) is 132 cm³/mol. The minimum absolute atomic E-state index is 0.157. The molecular weight excluding hydrogens is 488 g/mol. The lowest BCUT2D eigenvalue weighted by molar-refractivity contribution is -0.116. The number of carbonyl (C=O) groups is 1. The summed E-state index contributed by atoms with van der Waals surface area (Å²) < 4.78 is 28.8. The third-order valence-electron chi connectivity index (χ3n) is 5.21. The maximum atomic E-state index is 13.4. The Bertz CT molecular complexity index is 1170. The fourth-order valence-corrected chi connectivity index (χ4v) is 5.32. The molecule has 0 aliphatic rings. The largest absolute Gasteiger partial charge is 0.324 e. The van der Waals surface area contributed by atoms with Gasteiger partial charge in [-0.15, -0.1) is 0 Å². The molecule has 1 N–H and O–H groups in total. The lowest BCUT2D eigenvalue weighted by Gasteiger charge is -2.22. The van der Waals surface area contributed by atoms with Gasteiger partial charge in [-0.3, -0.25) is 4.79 Å². The van der Waals surface area contributed by atoms with E-state index < -0.39 is 10.0 Å². The molecule has 0 aliphatic carbocycles. The highest BCUT2D eigenvalue weighted by atomic mass is 79.9. The Balaban J connectivity index is 1.84. The molecule has 0 spiro atoms. The molecule has 0 saturated carbocycles. The molecule has 1 amide bonds. The number of aryl methyl sites for hydroxylation is 3. The number of carbonyl (C=O) groups excluding carboxylic acids is 1. The zero-order valence-electron chi connectivity index (χ0n) is 18.4. The van der Waals surface area contributed by atoms with E-state index in [0.717, 1.165) is 32.4 Å². The van der Waals surface area contributed by atoms with Gasteiger partial charge >= 0.3 is 0 Å². The standard InChI is InChI=1S/C25H27BrN2O3S/c1-18-15-19(2)25(20(3)16-18)27-24(29)17-28(14-13-21-7-5-4-6-8-21)32(30,31)23-11-9-22(26)10-12-23/h4-12,15-16H,13-14,17H2,1-3H3,(H,27,29). The molecule has 168 valence electrons. The van der Waals surface area contributed by atoms with Crippen LogP contribution in [0.25, 0.3) is 0 Å². The van der Waals surface area contributed by atoms with Crippen molar-refractivity contribution in [1.82, 2.24) is 4.31 Å². The molecule has 0 unspecified atom stereocenters. The molecule has 7 heteroatoms. The van der Waals surface area contributed by atoms with Crippen LogP contribution in [-0.2, 0) is 21.2 Å². The molecule has 0 bridgehead atoms. The Labute approximate surface area is 198 Å². The lowest BCUT2D eigenvalue weighted by atomic mass is 10.1. The van der Waals surface area contributed by atoms with Crippen LogP contribution in [-0.4, -0.2) is 31.7 Å². The molecule has 0 radical (unpaired) electrons. The van der Waals surface area contributed by atoms with Crippen LogP contribution in [0.2, 0.25) is 0 Å². The van der Waals surface area contributed by atoms with E-state index in [-0.39, 0.29) is 23.9 Å². The summed E-state index contributed by atoms with van der Waals surface area (Å²) in [5.74, 6) is -0.367. The second-order valence-electron chi connectivity index (χ2n) is 7.85. The number of nitrogens with zero attached hydrogens (tertiary/aromatic N) is 1. The Morgan fingerprint density at radius 1 is 0.938 bits per heavy atom. The number of anilines is 1. The van der Waals surface area contributed by atoms with E-state index in [1.54, 1.807) is 24.3 Å². The van der Waals surface area contributed by atoms with Crippen molar-refractivity contribution in [3.63, 3.8) is 0 Å². The monoisotopic (exact) mass is 514 g/mol. The summed E-state index contributed by atoms with van der Waals surface area (Å²) in [4.78, 5) is 13.1. The summed E-state index contributed by atoms with van der Waals surface area (Å²) >= 11 is 3.33. The van der Waals surface area contributed by atoms with Gasteiger partial charge in [-0.05, 0) is 68.1 Å². The van der Waals surface area contributed by atoms with Gasteiger partial charge in [0.15, 0.2) is 0 Å². The average molecular weight is 515 g/mol. The van der Waals surface area contributed by atoms with Crippen molar-refractivity contribution < 1.29 is 13.2 Å². The fourth-order valence-electron chi connectivity index (χ4n) is 3.65. The first kappa shape index (κ1) is 24.2. The number of amides is 1. The van der Waals surface area contributed by atoms with Crippen LogP contribution in [0.3, 0.4) is 0 Å². The first-order valence-corrected chi connectivity index (χ1v) is 12.6. The van der Waals surface area contributed by atoms with Crippen LogP contribution in [0.5, 0.6) is 0 Å². The van der Waals surface area contributed by atoms with Gasteiger partial charge in [0.05, 0.1) is 11.4 Å². The number of nitrogens with one attached hydrogen (secondary N) is 1. The zero-order chi connectivity index (χ0) is 23.3. The van der Waals surface area contributed by atoms with Gasteiger partial charge in [0.25, 0.3) is 0 Å². The van der Waals surface area contributed by atoms with Gasteiger partial charge in [0, 0.05) is 16.7 Å². The van der Waals surface area contributed by atoms with Crippen LogP contribution in [0.1, 0.15) is 22.3 Å². The maximum absolute atomic E-state index is 13.4. The molecule has 3 rings (SSSR count). The highest BCUT2D eigenvalue weighted by Crippen LogP contribution is 2.23. The molecule has 0 aliphatic heterocycles. The van der Waals surface area contributed by atoms with Gasteiger partial charge < -0.3 is 5.32 Å². The van der Waals surface area contributed by atoms with Crippen LogP contribution >= 0.6 is 15.9 Å². The van der Waals surface area contributed by atoms with Gasteiger partial charge in [-0.1, -0.05) is 64.0 Å². The SMILES string of the molecule is Cc1cc(C)c(NC(=O)CN(CCc2ccccc2)S(=O)(=O)c2ccc(Br)cc2)c(C)c1. The molecule has 32 heavy (non-hydrogen) atoms. The van der Waals surface area contributed by atoms with E-state index in [1.165, 1.54) is 4.31 Å². The second kappa shape index (κ2) is 10.4.